The third-order valence-corrected chi connectivity index (χ3v) is 2.15. The lowest BCUT2D eigenvalue weighted by molar-refractivity contribution is 0.315. The molecule has 0 radical (unpaired) electrons. The Bertz CT molecular complexity index is 380. The Morgan fingerprint density at radius 1 is 1.53 bits per heavy atom. The van der Waals surface area contributed by atoms with Gasteiger partial charge in [0.25, 0.3) is 0 Å². The maximum atomic E-state index is 13.1. The monoisotopic (exact) mass is 230 g/mol. The molecule has 5 heteroatoms. The largest absolute Gasteiger partial charge is 0.411 e. The number of hydrogen-bond donors (Lipinski definition) is 1. The van der Waals surface area contributed by atoms with Gasteiger partial charge in [0, 0.05) is 12.1 Å². The van der Waals surface area contributed by atoms with Crippen molar-refractivity contribution in [1.29, 1.82) is 0 Å². The van der Waals surface area contributed by atoms with Gasteiger partial charge in [-0.15, -0.1) is 0 Å². The molecule has 0 heterocycles. The SMILES string of the molecule is CN(C)CC(=NO)c1ccc(Cl)c(F)c1. The molecule has 0 unspecified atom stereocenters. The van der Waals surface area contributed by atoms with Gasteiger partial charge >= 0.3 is 0 Å². The molecule has 0 aromatic heterocycles. The minimum Gasteiger partial charge on any atom is -0.411 e. The van der Waals surface area contributed by atoms with Crippen molar-refractivity contribution in [2.24, 2.45) is 5.16 Å². The number of benzene rings is 1. The van der Waals surface area contributed by atoms with Crippen molar-refractivity contribution in [2.45, 2.75) is 0 Å². The summed E-state index contributed by atoms with van der Waals surface area (Å²) in [6.07, 6.45) is 0. The van der Waals surface area contributed by atoms with Crippen LogP contribution >= 0.6 is 11.6 Å². The first-order valence-corrected chi connectivity index (χ1v) is 4.73. The van der Waals surface area contributed by atoms with Crippen LogP contribution in [-0.4, -0.2) is 36.5 Å². The van der Waals surface area contributed by atoms with E-state index in [0.717, 1.165) is 0 Å². The molecule has 0 aliphatic rings. The molecule has 0 aliphatic heterocycles. The van der Waals surface area contributed by atoms with Crippen LogP contribution in [0.2, 0.25) is 5.02 Å². The normalized spacial score (nSPS) is 12.2. The van der Waals surface area contributed by atoms with E-state index in [1.807, 2.05) is 19.0 Å². The summed E-state index contributed by atoms with van der Waals surface area (Å²) in [7, 11) is 3.66. The molecule has 0 bridgehead atoms. The van der Waals surface area contributed by atoms with Gasteiger partial charge in [-0.2, -0.15) is 0 Å². The van der Waals surface area contributed by atoms with Crippen LogP contribution in [0.25, 0.3) is 0 Å². The van der Waals surface area contributed by atoms with Crippen molar-refractivity contribution in [1.82, 2.24) is 4.90 Å². The molecule has 0 amide bonds. The van der Waals surface area contributed by atoms with E-state index >= 15 is 0 Å². The average molecular weight is 231 g/mol. The van der Waals surface area contributed by atoms with Gasteiger partial charge in [0.05, 0.1) is 5.02 Å². The van der Waals surface area contributed by atoms with Crippen molar-refractivity contribution >= 4 is 17.3 Å². The maximum absolute atomic E-state index is 13.1. The fourth-order valence-corrected chi connectivity index (χ4v) is 1.27. The van der Waals surface area contributed by atoms with Crippen LogP contribution in [0.5, 0.6) is 0 Å². The van der Waals surface area contributed by atoms with E-state index < -0.39 is 5.82 Å². The summed E-state index contributed by atoms with van der Waals surface area (Å²) in [6.45, 7) is 0.428. The van der Waals surface area contributed by atoms with Crippen molar-refractivity contribution in [3.05, 3.63) is 34.6 Å². The summed E-state index contributed by atoms with van der Waals surface area (Å²) in [5.74, 6) is -0.519. The molecule has 3 nitrogen and oxygen atoms in total. The Kier molecular flexibility index (Phi) is 4.05. The molecule has 0 saturated heterocycles. The molecule has 1 N–H and O–H groups in total. The smallest absolute Gasteiger partial charge is 0.142 e. The molecular weight excluding hydrogens is 219 g/mol. The predicted octanol–water partition coefficient (Wildman–Crippen LogP) is 2.22. The Balaban J connectivity index is 2.98. The topological polar surface area (TPSA) is 35.8 Å². The zero-order valence-corrected chi connectivity index (χ0v) is 9.29. The van der Waals surface area contributed by atoms with Gasteiger partial charge in [-0.25, -0.2) is 4.39 Å². The van der Waals surface area contributed by atoms with Crippen LogP contribution in [0.1, 0.15) is 5.56 Å². The van der Waals surface area contributed by atoms with E-state index in [9.17, 15) is 4.39 Å². The van der Waals surface area contributed by atoms with E-state index in [1.165, 1.54) is 12.1 Å². The number of nitrogens with zero attached hydrogens (tertiary/aromatic N) is 2. The zero-order chi connectivity index (χ0) is 11.4. The van der Waals surface area contributed by atoms with Gasteiger partial charge in [-0.05, 0) is 26.2 Å². The van der Waals surface area contributed by atoms with Crippen molar-refractivity contribution in [2.75, 3.05) is 20.6 Å². The highest BCUT2D eigenvalue weighted by Crippen LogP contribution is 2.16. The number of halogens is 2. The molecule has 15 heavy (non-hydrogen) atoms. The van der Waals surface area contributed by atoms with Crippen LogP contribution < -0.4 is 0 Å². The summed E-state index contributed by atoms with van der Waals surface area (Å²) in [5.41, 5.74) is 0.920. The predicted molar refractivity (Wildman–Crippen MR) is 58.3 cm³/mol. The first-order chi connectivity index (χ1) is 7.04. The average Bonchev–Trinajstić information content (AvgIpc) is 2.18. The van der Waals surface area contributed by atoms with Crippen molar-refractivity contribution in [3.8, 4) is 0 Å². The van der Waals surface area contributed by atoms with E-state index in [-0.39, 0.29) is 5.02 Å². The first kappa shape index (κ1) is 11.9. The summed E-state index contributed by atoms with van der Waals surface area (Å²) in [5, 5.41) is 12.0. The van der Waals surface area contributed by atoms with Gasteiger partial charge in [0.15, 0.2) is 0 Å². The second kappa shape index (κ2) is 5.09. The third-order valence-electron chi connectivity index (χ3n) is 1.84. The third kappa shape index (κ3) is 3.18. The molecule has 0 aliphatic carbocycles. The lowest BCUT2D eigenvalue weighted by Crippen LogP contribution is -2.22. The van der Waals surface area contributed by atoms with Crippen molar-refractivity contribution < 1.29 is 9.60 Å². The highest BCUT2D eigenvalue weighted by atomic mass is 35.5. The quantitative estimate of drug-likeness (QED) is 0.491. The fraction of sp³-hybridized carbons (Fsp3) is 0.300. The molecular formula is C10H12ClFN2O. The maximum Gasteiger partial charge on any atom is 0.142 e. The van der Waals surface area contributed by atoms with Crippen LogP contribution in [0.4, 0.5) is 4.39 Å². The Labute approximate surface area is 92.8 Å². The number of oxime groups is 1. The van der Waals surface area contributed by atoms with E-state index in [0.29, 0.717) is 17.8 Å². The minimum atomic E-state index is -0.519. The lowest BCUT2D eigenvalue weighted by Gasteiger charge is -2.11. The van der Waals surface area contributed by atoms with Gasteiger partial charge in [-0.3, -0.25) is 0 Å². The number of likely N-dealkylation sites (N-methyl/N-ethyl adjacent to an activating group) is 1. The van der Waals surface area contributed by atoms with Gasteiger partial charge in [-0.1, -0.05) is 22.8 Å². The molecule has 0 spiro atoms. The minimum absolute atomic E-state index is 0.0564. The van der Waals surface area contributed by atoms with Gasteiger partial charge < -0.3 is 10.1 Å². The molecule has 82 valence electrons. The standard InChI is InChI=1S/C10H12ClFN2O/c1-14(2)6-10(13-15)7-3-4-8(11)9(12)5-7/h3-5,15H,6H2,1-2H3. The van der Waals surface area contributed by atoms with Crippen molar-refractivity contribution in [3.63, 3.8) is 0 Å². The second-order valence-corrected chi connectivity index (χ2v) is 3.82. The summed E-state index contributed by atoms with van der Waals surface area (Å²) in [6, 6.07) is 4.30. The van der Waals surface area contributed by atoms with Gasteiger partial charge in [0.1, 0.15) is 11.5 Å². The Hall–Kier alpha value is -1.13. The van der Waals surface area contributed by atoms with Crippen LogP contribution in [0.15, 0.2) is 23.4 Å². The number of hydrogen-bond acceptors (Lipinski definition) is 3. The van der Waals surface area contributed by atoms with E-state index in [2.05, 4.69) is 5.16 Å². The highest BCUT2D eigenvalue weighted by Gasteiger charge is 2.08. The van der Waals surface area contributed by atoms with E-state index in [1.54, 1.807) is 6.07 Å². The second-order valence-electron chi connectivity index (χ2n) is 3.41. The number of rotatable bonds is 3. The molecule has 1 aromatic carbocycles. The summed E-state index contributed by atoms with van der Waals surface area (Å²) < 4.78 is 13.1. The Morgan fingerprint density at radius 2 is 2.20 bits per heavy atom. The molecule has 0 fully saturated rings. The molecule has 1 rings (SSSR count). The Morgan fingerprint density at radius 3 is 2.67 bits per heavy atom. The van der Waals surface area contributed by atoms with Crippen LogP contribution in [0.3, 0.4) is 0 Å². The van der Waals surface area contributed by atoms with E-state index in [4.69, 9.17) is 16.8 Å². The summed E-state index contributed by atoms with van der Waals surface area (Å²) in [4.78, 5) is 1.82. The zero-order valence-electron chi connectivity index (χ0n) is 8.54. The highest BCUT2D eigenvalue weighted by molar-refractivity contribution is 6.30. The first-order valence-electron chi connectivity index (χ1n) is 4.35. The van der Waals surface area contributed by atoms with Crippen LogP contribution in [0, 0.1) is 5.82 Å². The summed E-state index contributed by atoms with van der Waals surface area (Å²) >= 11 is 5.55. The van der Waals surface area contributed by atoms with Crippen LogP contribution in [-0.2, 0) is 0 Å². The molecule has 1 aromatic rings. The molecule has 0 saturated carbocycles. The fourth-order valence-electron chi connectivity index (χ4n) is 1.16. The lowest BCUT2D eigenvalue weighted by atomic mass is 10.1. The molecule has 0 atom stereocenters. The van der Waals surface area contributed by atoms with Gasteiger partial charge in [0.2, 0.25) is 0 Å².